The molecule has 0 radical (unpaired) electrons. The number of rotatable bonds is 7. The third kappa shape index (κ3) is 5.32. The van der Waals surface area contributed by atoms with E-state index in [1.807, 2.05) is 0 Å². The lowest BCUT2D eigenvalue weighted by Crippen LogP contribution is -2.27. The highest BCUT2D eigenvalue weighted by Crippen LogP contribution is 2.23. The van der Waals surface area contributed by atoms with Gasteiger partial charge in [-0.2, -0.15) is 4.31 Å². The van der Waals surface area contributed by atoms with Crippen molar-refractivity contribution < 1.29 is 31.2 Å². The van der Waals surface area contributed by atoms with Crippen LogP contribution in [0.25, 0.3) is 0 Å². The number of benzene rings is 2. The van der Waals surface area contributed by atoms with E-state index in [1.54, 1.807) is 0 Å². The SMILES string of the molecule is CS(=O)(=O)c1ccc(Cl)c(C(=O)OCC(=O)c2ccc(S(=O)(=O)N3CCCC3)cc2)c1. The Labute approximate surface area is 185 Å². The molecule has 0 amide bonds. The molecule has 1 saturated heterocycles. The minimum Gasteiger partial charge on any atom is -0.454 e. The maximum absolute atomic E-state index is 12.5. The van der Waals surface area contributed by atoms with Crippen LogP contribution in [0.3, 0.4) is 0 Å². The third-order valence-corrected chi connectivity index (χ3v) is 8.15. The van der Waals surface area contributed by atoms with Gasteiger partial charge in [0, 0.05) is 24.9 Å². The van der Waals surface area contributed by atoms with E-state index in [0.717, 1.165) is 25.2 Å². The van der Waals surface area contributed by atoms with Crippen LogP contribution in [0.4, 0.5) is 0 Å². The predicted octanol–water partition coefficient (Wildman–Crippen LogP) is 2.57. The van der Waals surface area contributed by atoms with E-state index in [2.05, 4.69) is 0 Å². The van der Waals surface area contributed by atoms with Gasteiger partial charge in [-0.25, -0.2) is 21.6 Å². The molecule has 3 rings (SSSR count). The van der Waals surface area contributed by atoms with Crippen LogP contribution in [-0.4, -0.2) is 58.8 Å². The molecule has 0 bridgehead atoms. The first-order valence-electron chi connectivity index (χ1n) is 9.30. The fraction of sp³-hybridized carbons (Fsp3) is 0.300. The van der Waals surface area contributed by atoms with Crippen LogP contribution in [0.2, 0.25) is 5.02 Å². The molecule has 0 spiro atoms. The molecule has 31 heavy (non-hydrogen) atoms. The summed E-state index contributed by atoms with van der Waals surface area (Å²) in [5.74, 6) is -1.49. The standard InChI is InChI=1S/C20H20ClNO7S2/c1-30(25,26)16-8-9-18(21)17(12-16)20(24)29-13-19(23)14-4-6-15(7-5-14)31(27,28)22-10-2-3-11-22/h4-9,12H,2-3,10-11,13H2,1H3. The van der Waals surface area contributed by atoms with Crippen molar-refractivity contribution >= 4 is 43.2 Å². The van der Waals surface area contributed by atoms with E-state index in [1.165, 1.54) is 40.7 Å². The molecule has 2 aromatic carbocycles. The fourth-order valence-corrected chi connectivity index (χ4v) is 5.43. The quantitative estimate of drug-likeness (QED) is 0.437. The summed E-state index contributed by atoms with van der Waals surface area (Å²) in [7, 11) is -7.15. The van der Waals surface area contributed by atoms with Crippen molar-refractivity contribution in [2.45, 2.75) is 22.6 Å². The Morgan fingerprint density at radius 3 is 2.13 bits per heavy atom. The summed E-state index contributed by atoms with van der Waals surface area (Å²) >= 11 is 5.95. The Balaban J connectivity index is 1.68. The maximum Gasteiger partial charge on any atom is 0.340 e. The number of carbonyl (C=O) groups is 2. The number of hydrogen-bond acceptors (Lipinski definition) is 7. The largest absolute Gasteiger partial charge is 0.454 e. The zero-order chi connectivity index (χ0) is 22.8. The lowest BCUT2D eigenvalue weighted by Gasteiger charge is -2.15. The second kappa shape index (κ2) is 9.07. The van der Waals surface area contributed by atoms with Crippen LogP contribution < -0.4 is 0 Å². The lowest BCUT2D eigenvalue weighted by molar-refractivity contribution is 0.0474. The Bertz CT molecular complexity index is 1220. The molecule has 0 aromatic heterocycles. The first-order valence-corrected chi connectivity index (χ1v) is 13.0. The number of carbonyl (C=O) groups excluding carboxylic acids is 2. The number of ketones is 1. The lowest BCUT2D eigenvalue weighted by atomic mass is 10.1. The third-order valence-electron chi connectivity index (χ3n) is 4.80. The molecular weight excluding hydrogens is 466 g/mol. The first kappa shape index (κ1) is 23.4. The summed E-state index contributed by atoms with van der Waals surface area (Å²) in [5, 5.41) is -0.0127. The molecule has 0 unspecified atom stereocenters. The second-order valence-corrected chi connectivity index (χ2v) is 11.4. The highest BCUT2D eigenvalue weighted by atomic mass is 35.5. The van der Waals surface area contributed by atoms with Crippen molar-refractivity contribution in [2.75, 3.05) is 26.0 Å². The van der Waals surface area contributed by atoms with Crippen molar-refractivity contribution in [3.8, 4) is 0 Å². The highest BCUT2D eigenvalue weighted by molar-refractivity contribution is 7.90. The summed E-state index contributed by atoms with van der Waals surface area (Å²) in [6.07, 6.45) is 2.62. The van der Waals surface area contributed by atoms with Crippen molar-refractivity contribution in [2.24, 2.45) is 0 Å². The predicted molar refractivity (Wildman–Crippen MR) is 114 cm³/mol. The molecule has 0 atom stereocenters. The van der Waals surface area contributed by atoms with E-state index in [-0.39, 0.29) is 25.9 Å². The molecular formula is C20H20ClNO7S2. The molecule has 1 aliphatic heterocycles. The van der Waals surface area contributed by atoms with Gasteiger partial charge in [0.15, 0.2) is 22.2 Å². The average molecular weight is 486 g/mol. The molecule has 1 aliphatic rings. The van der Waals surface area contributed by atoms with Gasteiger partial charge in [-0.15, -0.1) is 0 Å². The van der Waals surface area contributed by atoms with Crippen molar-refractivity contribution in [3.63, 3.8) is 0 Å². The van der Waals surface area contributed by atoms with Gasteiger partial charge in [-0.05, 0) is 55.3 Å². The van der Waals surface area contributed by atoms with Crippen LogP contribution in [0.5, 0.6) is 0 Å². The molecule has 1 fully saturated rings. The molecule has 0 N–H and O–H groups in total. The summed E-state index contributed by atoms with van der Waals surface area (Å²) in [6, 6.07) is 9.01. The van der Waals surface area contributed by atoms with E-state index < -0.39 is 38.2 Å². The first-order chi connectivity index (χ1) is 14.5. The van der Waals surface area contributed by atoms with Gasteiger partial charge in [0.1, 0.15) is 0 Å². The second-order valence-electron chi connectivity index (χ2n) is 7.05. The summed E-state index contributed by atoms with van der Waals surface area (Å²) in [4.78, 5) is 24.6. The van der Waals surface area contributed by atoms with Gasteiger partial charge in [-0.1, -0.05) is 11.6 Å². The zero-order valence-corrected chi connectivity index (χ0v) is 19.0. The Morgan fingerprint density at radius 2 is 1.55 bits per heavy atom. The van der Waals surface area contributed by atoms with E-state index in [0.29, 0.717) is 13.1 Å². The van der Waals surface area contributed by atoms with Crippen LogP contribution in [-0.2, 0) is 24.6 Å². The summed E-state index contributed by atoms with van der Waals surface area (Å²) in [6.45, 7) is 0.334. The molecule has 166 valence electrons. The fourth-order valence-electron chi connectivity index (χ4n) is 3.07. The number of nitrogens with zero attached hydrogens (tertiary/aromatic N) is 1. The normalized spacial score (nSPS) is 15.0. The number of sulfone groups is 1. The number of esters is 1. The van der Waals surface area contributed by atoms with Crippen molar-refractivity contribution in [1.82, 2.24) is 4.31 Å². The maximum atomic E-state index is 12.5. The van der Waals surface area contributed by atoms with Gasteiger partial charge < -0.3 is 4.74 Å². The van der Waals surface area contributed by atoms with E-state index >= 15 is 0 Å². The van der Waals surface area contributed by atoms with Gasteiger partial charge >= 0.3 is 5.97 Å². The topological polar surface area (TPSA) is 115 Å². The summed E-state index contributed by atoms with van der Waals surface area (Å²) in [5.41, 5.74) is -0.00592. The van der Waals surface area contributed by atoms with E-state index in [4.69, 9.17) is 16.3 Å². The number of sulfonamides is 1. The Hall–Kier alpha value is -2.27. The molecule has 2 aromatic rings. The minimum atomic E-state index is -3.59. The molecule has 0 aliphatic carbocycles. The van der Waals surface area contributed by atoms with Gasteiger partial charge in [0.25, 0.3) is 0 Å². The zero-order valence-electron chi connectivity index (χ0n) is 16.6. The van der Waals surface area contributed by atoms with E-state index in [9.17, 15) is 26.4 Å². The van der Waals surface area contributed by atoms with Crippen molar-refractivity contribution in [3.05, 3.63) is 58.6 Å². The number of halogens is 1. The van der Waals surface area contributed by atoms with Crippen molar-refractivity contribution in [1.29, 1.82) is 0 Å². The highest BCUT2D eigenvalue weighted by Gasteiger charge is 2.27. The summed E-state index contributed by atoms with van der Waals surface area (Å²) < 4.78 is 54.8. The molecule has 8 nitrogen and oxygen atoms in total. The average Bonchev–Trinajstić information content (AvgIpc) is 3.27. The monoisotopic (exact) mass is 485 g/mol. The van der Waals surface area contributed by atoms with Gasteiger partial charge in [-0.3, -0.25) is 4.79 Å². The van der Waals surface area contributed by atoms with Gasteiger partial charge in [0.05, 0.1) is 20.4 Å². The molecule has 0 saturated carbocycles. The minimum absolute atomic E-state index is 0.0127. The van der Waals surface area contributed by atoms with Crippen LogP contribution >= 0.6 is 11.6 Å². The molecule has 1 heterocycles. The Kier molecular flexibility index (Phi) is 6.85. The van der Waals surface area contributed by atoms with Crippen LogP contribution in [0, 0.1) is 0 Å². The van der Waals surface area contributed by atoms with Gasteiger partial charge in [0.2, 0.25) is 10.0 Å². The number of Topliss-reactive ketones (excluding diaryl/α,β-unsaturated/α-hetero) is 1. The number of ether oxygens (including phenoxy) is 1. The Morgan fingerprint density at radius 1 is 0.968 bits per heavy atom. The van der Waals surface area contributed by atoms with Crippen LogP contribution in [0.15, 0.2) is 52.3 Å². The molecule has 11 heteroatoms. The number of hydrogen-bond donors (Lipinski definition) is 0. The smallest absolute Gasteiger partial charge is 0.340 e. The van der Waals surface area contributed by atoms with Crippen LogP contribution in [0.1, 0.15) is 33.6 Å².